The van der Waals surface area contributed by atoms with Gasteiger partial charge in [0.2, 0.25) is 5.91 Å². The Bertz CT molecular complexity index is 370. The second-order valence-electron chi connectivity index (χ2n) is 3.30. The summed E-state index contributed by atoms with van der Waals surface area (Å²) in [6.45, 7) is 4.16. The number of hydrogen-bond donors (Lipinski definition) is 1. The zero-order valence-corrected chi connectivity index (χ0v) is 10.3. The van der Waals surface area contributed by atoms with Crippen LogP contribution in [0.1, 0.15) is 12.0 Å². The van der Waals surface area contributed by atoms with Gasteiger partial charge in [0, 0.05) is 16.6 Å². The third-order valence-corrected chi connectivity index (χ3v) is 2.78. The maximum absolute atomic E-state index is 11.5. The average Bonchev–Trinajstić information content (AvgIpc) is 2.24. The smallest absolute Gasteiger partial charge is 0.224 e. The topological polar surface area (TPSA) is 29.1 Å². The molecule has 0 saturated carbocycles. The fraction of sp³-hybridized carbons (Fsp3) is 0.250. The van der Waals surface area contributed by atoms with Crippen molar-refractivity contribution in [3.8, 4) is 0 Å². The van der Waals surface area contributed by atoms with Crippen LogP contribution in [-0.2, 0) is 11.2 Å². The molecule has 0 heterocycles. The molecule has 0 unspecified atom stereocenters. The largest absolute Gasteiger partial charge is 0.356 e. The van der Waals surface area contributed by atoms with E-state index in [1.54, 1.807) is 24.3 Å². The molecule has 2 nitrogen and oxygen atoms in total. The van der Waals surface area contributed by atoms with E-state index in [-0.39, 0.29) is 12.3 Å². The zero-order valence-electron chi connectivity index (χ0n) is 8.80. The number of halogens is 2. The second kappa shape index (κ2) is 6.56. The molecule has 0 spiro atoms. The predicted molar refractivity (Wildman–Crippen MR) is 68.0 cm³/mol. The summed E-state index contributed by atoms with van der Waals surface area (Å²) >= 11 is 11.9. The van der Waals surface area contributed by atoms with Gasteiger partial charge >= 0.3 is 0 Å². The van der Waals surface area contributed by atoms with Crippen molar-refractivity contribution in [2.75, 3.05) is 6.54 Å². The van der Waals surface area contributed by atoms with Crippen LogP contribution in [0.4, 0.5) is 0 Å². The summed E-state index contributed by atoms with van der Waals surface area (Å²) in [5.74, 6) is -0.0862. The van der Waals surface area contributed by atoms with Gasteiger partial charge in [0.15, 0.2) is 0 Å². The van der Waals surface area contributed by atoms with Gasteiger partial charge in [-0.05, 0) is 24.1 Å². The Kier molecular flexibility index (Phi) is 5.36. The molecule has 1 aromatic carbocycles. The average molecular weight is 258 g/mol. The van der Waals surface area contributed by atoms with E-state index in [1.807, 2.05) is 0 Å². The minimum absolute atomic E-state index is 0.0862. The fourth-order valence-corrected chi connectivity index (χ4v) is 1.77. The summed E-state index contributed by atoms with van der Waals surface area (Å²) in [5.41, 5.74) is 0.668. The number of carbonyl (C=O) groups is 1. The van der Waals surface area contributed by atoms with E-state index in [4.69, 9.17) is 23.2 Å². The van der Waals surface area contributed by atoms with Gasteiger partial charge in [0.25, 0.3) is 0 Å². The van der Waals surface area contributed by atoms with Gasteiger partial charge in [-0.1, -0.05) is 35.3 Å². The molecule has 1 rings (SSSR count). The lowest BCUT2D eigenvalue weighted by Crippen LogP contribution is -2.26. The van der Waals surface area contributed by atoms with Crippen LogP contribution < -0.4 is 5.32 Å². The number of nitrogens with one attached hydrogen (secondary N) is 1. The molecule has 0 bridgehead atoms. The SMILES string of the molecule is C=CCCNC(=O)Cc1c(Cl)cccc1Cl. The van der Waals surface area contributed by atoms with Crippen molar-refractivity contribution in [1.82, 2.24) is 5.32 Å². The van der Waals surface area contributed by atoms with Crippen LogP contribution in [0.15, 0.2) is 30.9 Å². The lowest BCUT2D eigenvalue weighted by Gasteiger charge is -2.07. The third kappa shape index (κ3) is 3.87. The zero-order chi connectivity index (χ0) is 12.0. The van der Waals surface area contributed by atoms with Gasteiger partial charge in [0.1, 0.15) is 0 Å². The summed E-state index contributed by atoms with van der Waals surface area (Å²) in [6.07, 6.45) is 2.71. The van der Waals surface area contributed by atoms with E-state index >= 15 is 0 Å². The van der Waals surface area contributed by atoms with Crippen LogP contribution in [0.25, 0.3) is 0 Å². The third-order valence-electron chi connectivity index (χ3n) is 2.07. The molecule has 0 fully saturated rings. The maximum Gasteiger partial charge on any atom is 0.224 e. The molecular formula is C12H13Cl2NO. The summed E-state index contributed by atoms with van der Waals surface area (Å²) in [6, 6.07) is 5.20. The van der Waals surface area contributed by atoms with Crippen molar-refractivity contribution < 1.29 is 4.79 Å². The number of amides is 1. The van der Waals surface area contributed by atoms with Crippen molar-refractivity contribution in [3.05, 3.63) is 46.5 Å². The van der Waals surface area contributed by atoms with E-state index in [0.717, 1.165) is 6.42 Å². The number of carbonyl (C=O) groups excluding carboxylic acids is 1. The number of benzene rings is 1. The molecule has 16 heavy (non-hydrogen) atoms. The highest BCUT2D eigenvalue weighted by Gasteiger charge is 2.09. The quantitative estimate of drug-likeness (QED) is 0.637. The molecule has 0 radical (unpaired) electrons. The fourth-order valence-electron chi connectivity index (χ4n) is 1.24. The van der Waals surface area contributed by atoms with Gasteiger partial charge in [-0.25, -0.2) is 0 Å². The first-order valence-corrected chi connectivity index (χ1v) is 5.71. The minimum Gasteiger partial charge on any atom is -0.356 e. The lowest BCUT2D eigenvalue weighted by molar-refractivity contribution is -0.120. The molecule has 0 aliphatic heterocycles. The maximum atomic E-state index is 11.5. The van der Waals surface area contributed by atoms with Gasteiger partial charge in [0.05, 0.1) is 6.42 Å². The van der Waals surface area contributed by atoms with E-state index in [1.165, 1.54) is 0 Å². The molecule has 4 heteroatoms. The molecule has 0 atom stereocenters. The molecule has 1 amide bonds. The second-order valence-corrected chi connectivity index (χ2v) is 4.12. The van der Waals surface area contributed by atoms with Gasteiger partial charge in [-0.15, -0.1) is 6.58 Å². The first kappa shape index (κ1) is 13.1. The summed E-state index contributed by atoms with van der Waals surface area (Å²) < 4.78 is 0. The van der Waals surface area contributed by atoms with Crippen LogP contribution in [0.2, 0.25) is 10.0 Å². The van der Waals surface area contributed by atoms with Crippen LogP contribution in [-0.4, -0.2) is 12.5 Å². The van der Waals surface area contributed by atoms with Crippen molar-refractivity contribution in [2.24, 2.45) is 0 Å². The molecule has 0 aliphatic rings. The highest BCUT2D eigenvalue weighted by Crippen LogP contribution is 2.24. The van der Waals surface area contributed by atoms with E-state index in [2.05, 4.69) is 11.9 Å². The Morgan fingerprint density at radius 2 is 2.00 bits per heavy atom. The Morgan fingerprint density at radius 1 is 1.38 bits per heavy atom. The number of rotatable bonds is 5. The van der Waals surface area contributed by atoms with Crippen molar-refractivity contribution >= 4 is 29.1 Å². The molecule has 0 saturated heterocycles. The van der Waals surface area contributed by atoms with Crippen molar-refractivity contribution in [1.29, 1.82) is 0 Å². The molecule has 86 valence electrons. The Morgan fingerprint density at radius 3 is 2.56 bits per heavy atom. The normalized spacial score (nSPS) is 9.88. The first-order chi connectivity index (χ1) is 7.65. The first-order valence-electron chi connectivity index (χ1n) is 4.95. The molecule has 0 aliphatic carbocycles. The Balaban J connectivity index is 2.59. The monoisotopic (exact) mass is 257 g/mol. The Labute approximate surface area is 105 Å². The van der Waals surface area contributed by atoms with Crippen LogP contribution in [0.3, 0.4) is 0 Å². The van der Waals surface area contributed by atoms with Gasteiger partial charge < -0.3 is 5.32 Å². The standard InChI is InChI=1S/C12H13Cl2NO/c1-2-3-7-15-12(16)8-9-10(13)5-4-6-11(9)14/h2,4-6H,1,3,7-8H2,(H,15,16). The molecular weight excluding hydrogens is 245 g/mol. The summed E-state index contributed by atoms with van der Waals surface area (Å²) in [4.78, 5) is 11.5. The highest BCUT2D eigenvalue weighted by molar-refractivity contribution is 6.36. The minimum atomic E-state index is -0.0862. The van der Waals surface area contributed by atoms with E-state index in [0.29, 0.717) is 22.2 Å². The van der Waals surface area contributed by atoms with Crippen LogP contribution in [0.5, 0.6) is 0 Å². The van der Waals surface area contributed by atoms with Gasteiger partial charge in [-0.3, -0.25) is 4.79 Å². The van der Waals surface area contributed by atoms with Gasteiger partial charge in [-0.2, -0.15) is 0 Å². The predicted octanol–water partition coefficient (Wildman–Crippen LogP) is 3.23. The Hall–Kier alpha value is -0.990. The van der Waals surface area contributed by atoms with Crippen LogP contribution >= 0.6 is 23.2 Å². The molecule has 1 aromatic rings. The highest BCUT2D eigenvalue weighted by atomic mass is 35.5. The molecule has 0 aromatic heterocycles. The molecule has 1 N–H and O–H groups in total. The van der Waals surface area contributed by atoms with Crippen LogP contribution in [0, 0.1) is 0 Å². The summed E-state index contributed by atoms with van der Waals surface area (Å²) in [7, 11) is 0. The van der Waals surface area contributed by atoms with E-state index < -0.39 is 0 Å². The lowest BCUT2D eigenvalue weighted by atomic mass is 10.1. The van der Waals surface area contributed by atoms with E-state index in [9.17, 15) is 4.79 Å². The van der Waals surface area contributed by atoms with Crippen molar-refractivity contribution in [3.63, 3.8) is 0 Å². The summed E-state index contributed by atoms with van der Waals surface area (Å²) in [5, 5.41) is 3.80. The number of hydrogen-bond acceptors (Lipinski definition) is 1. The van der Waals surface area contributed by atoms with Crippen molar-refractivity contribution in [2.45, 2.75) is 12.8 Å².